The van der Waals surface area contributed by atoms with Gasteiger partial charge in [-0.3, -0.25) is 4.79 Å². The van der Waals surface area contributed by atoms with Crippen LogP contribution in [0.5, 0.6) is 0 Å². The van der Waals surface area contributed by atoms with E-state index in [1.807, 2.05) is 6.08 Å². The van der Waals surface area contributed by atoms with Crippen molar-refractivity contribution < 1.29 is 4.79 Å². The highest BCUT2D eigenvalue weighted by Crippen LogP contribution is 2.17. The molecule has 0 aromatic rings. The highest BCUT2D eigenvalue weighted by Gasteiger charge is 2.18. The summed E-state index contributed by atoms with van der Waals surface area (Å²) in [5, 5.41) is 0. The molecule has 1 aliphatic rings. The van der Waals surface area contributed by atoms with E-state index in [-0.39, 0.29) is 5.78 Å². The van der Waals surface area contributed by atoms with Crippen LogP contribution in [-0.2, 0) is 4.79 Å². The number of hydrogen-bond donors (Lipinski definition) is 0. The third kappa shape index (κ3) is 2.78. The van der Waals surface area contributed by atoms with Crippen LogP contribution in [0.4, 0.5) is 0 Å². The van der Waals surface area contributed by atoms with Crippen molar-refractivity contribution in [3.63, 3.8) is 0 Å². The fourth-order valence-electron chi connectivity index (χ4n) is 1.67. The molecule has 12 heavy (non-hydrogen) atoms. The van der Waals surface area contributed by atoms with Gasteiger partial charge in [-0.1, -0.05) is 6.08 Å². The fraction of sp³-hybridized carbons (Fsp3) is 0.700. The molecule has 0 aromatic heterocycles. The van der Waals surface area contributed by atoms with E-state index in [1.165, 1.54) is 19.4 Å². The molecule has 1 fully saturated rings. The molecule has 2 nitrogen and oxygen atoms in total. The summed E-state index contributed by atoms with van der Waals surface area (Å²) in [5.41, 5.74) is 0. The van der Waals surface area contributed by atoms with Gasteiger partial charge < -0.3 is 4.90 Å². The Labute approximate surface area is 74.2 Å². The molecular weight excluding hydrogens is 150 g/mol. The van der Waals surface area contributed by atoms with Crippen LogP contribution in [0.3, 0.4) is 0 Å². The molecule has 0 aliphatic carbocycles. The van der Waals surface area contributed by atoms with Crippen molar-refractivity contribution in [2.75, 3.05) is 13.6 Å². The number of nitrogens with zero attached hydrogens (tertiary/aromatic N) is 1. The molecular formula is C10H17NO. The predicted molar refractivity (Wildman–Crippen MR) is 50.1 cm³/mol. The van der Waals surface area contributed by atoms with Crippen molar-refractivity contribution in [1.29, 1.82) is 0 Å². The first-order valence-corrected chi connectivity index (χ1v) is 4.57. The summed E-state index contributed by atoms with van der Waals surface area (Å²) in [6.07, 6.45) is 7.27. The highest BCUT2D eigenvalue weighted by molar-refractivity contribution is 5.87. The van der Waals surface area contributed by atoms with Crippen molar-refractivity contribution in [1.82, 2.24) is 4.90 Å². The van der Waals surface area contributed by atoms with Crippen LogP contribution in [0.25, 0.3) is 0 Å². The maximum Gasteiger partial charge on any atom is 0.152 e. The zero-order valence-electron chi connectivity index (χ0n) is 7.92. The zero-order valence-corrected chi connectivity index (χ0v) is 7.92. The summed E-state index contributed by atoms with van der Waals surface area (Å²) in [6.45, 7) is 2.80. The minimum atomic E-state index is 0.149. The third-order valence-electron chi connectivity index (χ3n) is 2.43. The van der Waals surface area contributed by atoms with Crippen molar-refractivity contribution in [3.8, 4) is 0 Å². The van der Waals surface area contributed by atoms with Crippen molar-refractivity contribution >= 4 is 5.78 Å². The van der Waals surface area contributed by atoms with Gasteiger partial charge in [0.15, 0.2) is 5.78 Å². The highest BCUT2D eigenvalue weighted by atomic mass is 16.1. The molecule has 1 aliphatic heterocycles. The summed E-state index contributed by atoms with van der Waals surface area (Å²) >= 11 is 0. The number of likely N-dealkylation sites (tertiary alicyclic amines) is 1. The molecule has 0 amide bonds. The molecule has 1 heterocycles. The third-order valence-corrected chi connectivity index (χ3v) is 2.43. The normalized spacial score (nSPS) is 25.3. The smallest absolute Gasteiger partial charge is 0.152 e. The lowest BCUT2D eigenvalue weighted by Gasteiger charge is -2.16. The van der Waals surface area contributed by atoms with Gasteiger partial charge in [-0.25, -0.2) is 0 Å². The molecule has 68 valence electrons. The number of rotatable bonds is 3. The van der Waals surface area contributed by atoms with E-state index < -0.39 is 0 Å². The minimum absolute atomic E-state index is 0.149. The Bertz CT molecular complexity index is 186. The monoisotopic (exact) mass is 167 g/mol. The molecule has 0 spiro atoms. The van der Waals surface area contributed by atoms with E-state index in [4.69, 9.17) is 0 Å². The molecule has 2 heteroatoms. The zero-order chi connectivity index (χ0) is 8.97. The van der Waals surface area contributed by atoms with Gasteiger partial charge in [0.1, 0.15) is 0 Å². The number of carbonyl (C=O) groups is 1. The number of hydrogen-bond acceptors (Lipinski definition) is 2. The van der Waals surface area contributed by atoms with Crippen LogP contribution >= 0.6 is 0 Å². The maximum absolute atomic E-state index is 10.6. The van der Waals surface area contributed by atoms with E-state index >= 15 is 0 Å². The van der Waals surface area contributed by atoms with E-state index in [9.17, 15) is 4.79 Å². The van der Waals surface area contributed by atoms with Crippen LogP contribution < -0.4 is 0 Å². The topological polar surface area (TPSA) is 20.3 Å². The van der Waals surface area contributed by atoms with Crippen LogP contribution in [0.2, 0.25) is 0 Å². The second-order valence-corrected chi connectivity index (χ2v) is 3.53. The SMILES string of the molecule is CC(=O)/C=C/CC1CCCN1C. The summed E-state index contributed by atoms with van der Waals surface area (Å²) in [4.78, 5) is 13.0. The minimum Gasteiger partial charge on any atom is -0.303 e. The average Bonchev–Trinajstić information content (AvgIpc) is 2.36. The first-order chi connectivity index (χ1) is 5.70. The van der Waals surface area contributed by atoms with Crippen LogP contribution in [0.1, 0.15) is 26.2 Å². The van der Waals surface area contributed by atoms with Crippen molar-refractivity contribution in [2.24, 2.45) is 0 Å². The largest absolute Gasteiger partial charge is 0.303 e. The Morgan fingerprint density at radius 2 is 2.42 bits per heavy atom. The maximum atomic E-state index is 10.6. The average molecular weight is 167 g/mol. The Morgan fingerprint density at radius 1 is 1.67 bits per heavy atom. The molecule has 1 saturated heterocycles. The number of ketones is 1. The van der Waals surface area contributed by atoms with Crippen LogP contribution in [0, 0.1) is 0 Å². The molecule has 0 N–H and O–H groups in total. The van der Waals surface area contributed by atoms with Gasteiger partial charge in [0.2, 0.25) is 0 Å². The lowest BCUT2D eigenvalue weighted by atomic mass is 10.1. The number of allylic oxidation sites excluding steroid dienone is 1. The number of carbonyl (C=O) groups excluding carboxylic acids is 1. The molecule has 0 saturated carbocycles. The van der Waals surface area contributed by atoms with Gasteiger partial charge in [-0.05, 0) is 45.9 Å². The van der Waals surface area contributed by atoms with E-state index in [0.717, 1.165) is 6.42 Å². The summed E-state index contributed by atoms with van der Waals surface area (Å²) in [5.74, 6) is 0.149. The molecule has 0 radical (unpaired) electrons. The molecule has 1 atom stereocenters. The van der Waals surface area contributed by atoms with E-state index in [0.29, 0.717) is 6.04 Å². The lowest BCUT2D eigenvalue weighted by Crippen LogP contribution is -2.23. The van der Waals surface area contributed by atoms with Gasteiger partial charge >= 0.3 is 0 Å². The molecule has 0 bridgehead atoms. The summed E-state index contributed by atoms with van der Waals surface area (Å²) in [7, 11) is 2.15. The van der Waals surface area contributed by atoms with Gasteiger partial charge in [-0.15, -0.1) is 0 Å². The second-order valence-electron chi connectivity index (χ2n) is 3.53. The van der Waals surface area contributed by atoms with Gasteiger partial charge in [0.25, 0.3) is 0 Å². The standard InChI is InChI=1S/C10H17NO/c1-9(12)5-3-6-10-7-4-8-11(10)2/h3,5,10H,4,6-8H2,1-2H3/b5-3+. The van der Waals surface area contributed by atoms with E-state index in [1.54, 1.807) is 13.0 Å². The molecule has 1 unspecified atom stereocenters. The quantitative estimate of drug-likeness (QED) is 0.595. The Hall–Kier alpha value is -0.630. The fourth-order valence-corrected chi connectivity index (χ4v) is 1.67. The van der Waals surface area contributed by atoms with Gasteiger partial charge in [0, 0.05) is 6.04 Å². The summed E-state index contributed by atoms with van der Waals surface area (Å²) in [6, 6.07) is 0.667. The van der Waals surface area contributed by atoms with Crippen LogP contribution in [0.15, 0.2) is 12.2 Å². The molecule has 0 aromatic carbocycles. The van der Waals surface area contributed by atoms with E-state index in [2.05, 4.69) is 11.9 Å². The first-order valence-electron chi connectivity index (χ1n) is 4.57. The van der Waals surface area contributed by atoms with Gasteiger partial charge in [0.05, 0.1) is 0 Å². The molecule has 1 rings (SSSR count). The summed E-state index contributed by atoms with van der Waals surface area (Å²) < 4.78 is 0. The Kier molecular flexibility index (Phi) is 3.48. The lowest BCUT2D eigenvalue weighted by molar-refractivity contribution is -0.112. The predicted octanol–water partition coefficient (Wildman–Crippen LogP) is 1.62. The Balaban J connectivity index is 2.26. The van der Waals surface area contributed by atoms with Gasteiger partial charge in [-0.2, -0.15) is 0 Å². The van der Waals surface area contributed by atoms with Crippen molar-refractivity contribution in [3.05, 3.63) is 12.2 Å². The second kappa shape index (κ2) is 4.41. The first kappa shape index (κ1) is 9.46. The van der Waals surface area contributed by atoms with Crippen molar-refractivity contribution in [2.45, 2.75) is 32.2 Å². The Morgan fingerprint density at radius 3 is 2.92 bits per heavy atom. The van der Waals surface area contributed by atoms with Crippen LogP contribution in [-0.4, -0.2) is 30.3 Å².